The van der Waals surface area contributed by atoms with Gasteiger partial charge in [-0.05, 0) is 37.4 Å². The predicted octanol–water partition coefficient (Wildman–Crippen LogP) is 2.63. The summed E-state index contributed by atoms with van der Waals surface area (Å²) in [5, 5.41) is 3.92. The molecule has 1 aliphatic rings. The topological polar surface area (TPSA) is 44.3 Å². The van der Waals surface area contributed by atoms with E-state index in [-0.39, 0.29) is 0 Å². The van der Waals surface area contributed by atoms with Gasteiger partial charge in [-0.15, -0.1) is 0 Å². The Kier molecular flexibility index (Phi) is 4.22. The van der Waals surface area contributed by atoms with Gasteiger partial charge >= 0.3 is 0 Å². The highest BCUT2D eigenvalue weighted by Gasteiger charge is 2.15. The molecule has 110 valence electrons. The summed E-state index contributed by atoms with van der Waals surface area (Å²) in [4.78, 5) is 13.5. The number of likely N-dealkylation sites (N-methyl/N-ethyl adjacent to an activating group) is 1. The number of nitrogens with zero attached hydrogens (tertiary/aromatic N) is 4. The third-order valence-electron chi connectivity index (χ3n) is 3.57. The highest BCUT2D eigenvalue weighted by molar-refractivity contribution is 6.30. The highest BCUT2D eigenvalue weighted by Crippen LogP contribution is 2.19. The van der Waals surface area contributed by atoms with Gasteiger partial charge in [0.2, 0.25) is 5.95 Å². The molecule has 3 rings (SSSR count). The van der Waals surface area contributed by atoms with Crippen molar-refractivity contribution >= 4 is 29.1 Å². The summed E-state index contributed by atoms with van der Waals surface area (Å²) in [6, 6.07) is 9.46. The Labute approximate surface area is 129 Å². The van der Waals surface area contributed by atoms with Gasteiger partial charge in [-0.1, -0.05) is 11.6 Å². The van der Waals surface area contributed by atoms with E-state index in [0.29, 0.717) is 11.0 Å². The molecule has 0 atom stereocenters. The van der Waals surface area contributed by atoms with Crippen molar-refractivity contribution < 1.29 is 0 Å². The minimum Gasteiger partial charge on any atom is -0.354 e. The second-order valence-electron chi connectivity index (χ2n) is 5.16. The quantitative estimate of drug-likeness (QED) is 0.944. The minimum atomic E-state index is 0.605. The average molecular weight is 304 g/mol. The van der Waals surface area contributed by atoms with Crippen molar-refractivity contribution in [2.45, 2.75) is 0 Å². The third-order valence-corrected chi connectivity index (χ3v) is 3.82. The zero-order valence-corrected chi connectivity index (χ0v) is 12.7. The van der Waals surface area contributed by atoms with Gasteiger partial charge in [0.05, 0.1) is 0 Å². The predicted molar refractivity (Wildman–Crippen MR) is 86.5 cm³/mol. The summed E-state index contributed by atoms with van der Waals surface area (Å²) < 4.78 is 0. The number of aromatic nitrogens is 2. The molecule has 0 bridgehead atoms. The van der Waals surface area contributed by atoms with Crippen molar-refractivity contribution in [2.24, 2.45) is 0 Å². The number of benzene rings is 1. The van der Waals surface area contributed by atoms with Crippen LogP contribution in [0.3, 0.4) is 0 Å². The molecule has 6 heteroatoms. The second kappa shape index (κ2) is 6.28. The zero-order chi connectivity index (χ0) is 14.7. The molecule has 0 radical (unpaired) electrons. The molecule has 1 aromatic heterocycles. The molecular formula is C15H18ClN5. The van der Waals surface area contributed by atoms with Crippen LogP contribution in [0.1, 0.15) is 0 Å². The molecule has 0 unspecified atom stereocenters. The molecule has 0 amide bonds. The average Bonchev–Trinajstić information content (AvgIpc) is 2.51. The Morgan fingerprint density at radius 2 is 1.76 bits per heavy atom. The Morgan fingerprint density at radius 1 is 1.05 bits per heavy atom. The monoisotopic (exact) mass is 303 g/mol. The maximum Gasteiger partial charge on any atom is 0.229 e. The van der Waals surface area contributed by atoms with Crippen molar-refractivity contribution in [3.8, 4) is 0 Å². The summed E-state index contributed by atoms with van der Waals surface area (Å²) in [5.41, 5.74) is 0.926. The molecule has 21 heavy (non-hydrogen) atoms. The Hall–Kier alpha value is -1.85. The van der Waals surface area contributed by atoms with Crippen LogP contribution in [0.15, 0.2) is 36.5 Å². The number of nitrogens with one attached hydrogen (secondary N) is 1. The van der Waals surface area contributed by atoms with Gasteiger partial charge in [0.25, 0.3) is 0 Å². The maximum atomic E-state index is 5.88. The summed E-state index contributed by atoms with van der Waals surface area (Å²) >= 11 is 5.88. The van der Waals surface area contributed by atoms with Gasteiger partial charge in [-0.3, -0.25) is 0 Å². The van der Waals surface area contributed by atoms with E-state index in [1.165, 1.54) is 0 Å². The van der Waals surface area contributed by atoms with Crippen molar-refractivity contribution in [2.75, 3.05) is 43.4 Å². The fraction of sp³-hybridized carbons (Fsp3) is 0.333. The highest BCUT2D eigenvalue weighted by atomic mass is 35.5. The summed E-state index contributed by atoms with van der Waals surface area (Å²) in [7, 11) is 2.14. The number of anilines is 3. The summed E-state index contributed by atoms with van der Waals surface area (Å²) in [6.45, 7) is 4.11. The van der Waals surface area contributed by atoms with Crippen LogP contribution in [-0.2, 0) is 0 Å². The summed E-state index contributed by atoms with van der Waals surface area (Å²) in [5.74, 6) is 1.57. The molecule has 1 saturated heterocycles. The first-order valence-electron chi connectivity index (χ1n) is 7.00. The van der Waals surface area contributed by atoms with Crippen LogP contribution in [0.2, 0.25) is 5.02 Å². The van der Waals surface area contributed by atoms with Gasteiger partial charge in [0.1, 0.15) is 5.82 Å². The lowest BCUT2D eigenvalue weighted by Gasteiger charge is -2.33. The van der Waals surface area contributed by atoms with E-state index in [9.17, 15) is 0 Å². The van der Waals surface area contributed by atoms with Crippen molar-refractivity contribution in [1.29, 1.82) is 0 Å². The van der Waals surface area contributed by atoms with E-state index in [4.69, 9.17) is 11.6 Å². The number of halogens is 1. The van der Waals surface area contributed by atoms with Gasteiger partial charge in [0, 0.05) is 43.1 Å². The van der Waals surface area contributed by atoms with Gasteiger partial charge in [-0.2, -0.15) is 4.98 Å². The summed E-state index contributed by atoms with van der Waals surface area (Å²) in [6.07, 6.45) is 1.79. The first-order valence-corrected chi connectivity index (χ1v) is 7.38. The normalized spacial score (nSPS) is 16.0. The van der Waals surface area contributed by atoms with Gasteiger partial charge in [0.15, 0.2) is 0 Å². The van der Waals surface area contributed by atoms with Crippen LogP contribution in [0.5, 0.6) is 0 Å². The lowest BCUT2D eigenvalue weighted by atomic mass is 10.3. The SMILES string of the molecule is CN1CCN(c2ccnc(Nc3ccc(Cl)cc3)n2)CC1. The van der Waals surface area contributed by atoms with Crippen LogP contribution in [0.25, 0.3) is 0 Å². The van der Waals surface area contributed by atoms with Crippen molar-refractivity contribution in [3.05, 3.63) is 41.6 Å². The molecule has 1 aromatic carbocycles. The van der Waals surface area contributed by atoms with Gasteiger partial charge < -0.3 is 15.1 Å². The molecule has 1 fully saturated rings. The lowest BCUT2D eigenvalue weighted by Crippen LogP contribution is -2.44. The van der Waals surface area contributed by atoms with E-state index in [1.54, 1.807) is 6.20 Å². The van der Waals surface area contributed by atoms with E-state index >= 15 is 0 Å². The molecule has 2 heterocycles. The molecule has 1 N–H and O–H groups in total. The fourth-order valence-electron chi connectivity index (χ4n) is 2.28. The zero-order valence-electron chi connectivity index (χ0n) is 12.0. The molecule has 0 aliphatic carbocycles. The molecular weight excluding hydrogens is 286 g/mol. The number of hydrogen-bond donors (Lipinski definition) is 1. The molecule has 2 aromatic rings. The van der Waals surface area contributed by atoms with E-state index in [2.05, 4.69) is 32.1 Å². The van der Waals surface area contributed by atoms with Crippen molar-refractivity contribution in [1.82, 2.24) is 14.9 Å². The smallest absolute Gasteiger partial charge is 0.229 e. The minimum absolute atomic E-state index is 0.605. The second-order valence-corrected chi connectivity index (χ2v) is 5.60. The molecule has 1 aliphatic heterocycles. The Balaban J connectivity index is 1.72. The van der Waals surface area contributed by atoms with E-state index in [1.807, 2.05) is 30.3 Å². The number of hydrogen-bond acceptors (Lipinski definition) is 5. The molecule has 5 nitrogen and oxygen atoms in total. The fourth-order valence-corrected chi connectivity index (χ4v) is 2.41. The Morgan fingerprint density at radius 3 is 2.48 bits per heavy atom. The maximum absolute atomic E-state index is 5.88. The standard InChI is InChI=1S/C15H18ClN5/c1-20-8-10-21(11-9-20)14-6-7-17-15(19-14)18-13-4-2-12(16)3-5-13/h2-7H,8-11H2,1H3,(H,17,18,19). The van der Waals surface area contributed by atoms with Crippen molar-refractivity contribution in [3.63, 3.8) is 0 Å². The number of rotatable bonds is 3. The van der Waals surface area contributed by atoms with E-state index in [0.717, 1.165) is 37.7 Å². The molecule has 0 saturated carbocycles. The van der Waals surface area contributed by atoms with Crippen LogP contribution >= 0.6 is 11.6 Å². The largest absolute Gasteiger partial charge is 0.354 e. The van der Waals surface area contributed by atoms with Crippen LogP contribution < -0.4 is 10.2 Å². The number of piperazine rings is 1. The van der Waals surface area contributed by atoms with Crippen LogP contribution in [0.4, 0.5) is 17.5 Å². The lowest BCUT2D eigenvalue weighted by molar-refractivity contribution is 0.312. The van der Waals surface area contributed by atoms with Crippen LogP contribution in [0, 0.1) is 0 Å². The van der Waals surface area contributed by atoms with E-state index < -0.39 is 0 Å². The molecule has 0 spiro atoms. The Bertz CT molecular complexity index is 593. The first-order chi connectivity index (χ1) is 10.2. The first kappa shape index (κ1) is 14.1. The third kappa shape index (κ3) is 3.62. The van der Waals surface area contributed by atoms with Crippen LogP contribution in [-0.4, -0.2) is 48.1 Å². The van der Waals surface area contributed by atoms with Gasteiger partial charge in [-0.25, -0.2) is 4.98 Å².